The van der Waals surface area contributed by atoms with Gasteiger partial charge >= 0.3 is 0 Å². The summed E-state index contributed by atoms with van der Waals surface area (Å²) in [5.74, 6) is 0.360. The van der Waals surface area contributed by atoms with E-state index in [1.165, 1.54) is 24.8 Å². The Bertz CT molecular complexity index is 484. The quantitative estimate of drug-likeness (QED) is 0.800. The zero-order valence-electron chi connectivity index (χ0n) is 12.0. The van der Waals surface area contributed by atoms with Crippen molar-refractivity contribution < 1.29 is 4.79 Å². The molecule has 1 saturated carbocycles. The van der Waals surface area contributed by atoms with Crippen LogP contribution in [0.2, 0.25) is 0 Å². The summed E-state index contributed by atoms with van der Waals surface area (Å²) in [4.78, 5) is 12.2. The maximum Gasteiger partial charge on any atom is 0.251 e. The lowest BCUT2D eigenvalue weighted by atomic mass is 9.84. The molecular weight excluding hydrogens is 234 g/mol. The molecule has 1 aromatic carbocycles. The molecule has 2 heteroatoms. The van der Waals surface area contributed by atoms with Gasteiger partial charge in [-0.2, -0.15) is 0 Å². The molecule has 19 heavy (non-hydrogen) atoms. The number of rotatable bonds is 3. The summed E-state index contributed by atoms with van der Waals surface area (Å²) in [6.07, 6.45) is 5.96. The Morgan fingerprint density at radius 3 is 2.53 bits per heavy atom. The first-order chi connectivity index (χ1) is 9.08. The van der Waals surface area contributed by atoms with Crippen LogP contribution in [-0.2, 0) is 4.79 Å². The number of amides is 1. The van der Waals surface area contributed by atoms with Gasteiger partial charge in [0.1, 0.15) is 0 Å². The second-order valence-corrected chi connectivity index (χ2v) is 5.63. The van der Waals surface area contributed by atoms with Crippen molar-refractivity contribution in [2.75, 3.05) is 5.32 Å². The van der Waals surface area contributed by atoms with Crippen LogP contribution in [-0.4, -0.2) is 5.91 Å². The summed E-state index contributed by atoms with van der Waals surface area (Å²) >= 11 is 0. The van der Waals surface area contributed by atoms with Gasteiger partial charge in [0.15, 0.2) is 0 Å². The molecule has 0 unspecified atom stereocenters. The number of hydrogen-bond donors (Lipinski definition) is 1. The molecule has 0 spiro atoms. The van der Waals surface area contributed by atoms with Crippen LogP contribution in [0.15, 0.2) is 30.4 Å². The highest BCUT2D eigenvalue weighted by Crippen LogP contribution is 2.29. The fourth-order valence-electron chi connectivity index (χ4n) is 2.79. The highest BCUT2D eigenvalue weighted by molar-refractivity contribution is 6.04. The van der Waals surface area contributed by atoms with E-state index in [1.54, 1.807) is 0 Å². The van der Waals surface area contributed by atoms with Crippen molar-refractivity contribution in [2.24, 2.45) is 5.92 Å². The number of hydrogen-bond acceptors (Lipinski definition) is 1. The fraction of sp³-hybridized carbons (Fsp3) is 0.471. The molecule has 1 fully saturated rings. The summed E-state index contributed by atoms with van der Waals surface area (Å²) in [5.41, 5.74) is 3.96. The normalized spacial score (nSPS) is 16.1. The van der Waals surface area contributed by atoms with E-state index in [0.29, 0.717) is 5.92 Å². The molecule has 0 bridgehead atoms. The van der Waals surface area contributed by atoms with Crippen molar-refractivity contribution in [1.29, 1.82) is 0 Å². The molecular formula is C17H23NO. The van der Waals surface area contributed by atoms with E-state index >= 15 is 0 Å². The minimum absolute atomic E-state index is 0.0150. The molecule has 0 heterocycles. The average molecular weight is 257 g/mol. The third-order valence-corrected chi connectivity index (χ3v) is 4.02. The molecule has 0 aromatic heterocycles. The van der Waals surface area contributed by atoms with E-state index in [4.69, 9.17) is 0 Å². The lowest BCUT2D eigenvalue weighted by Gasteiger charge is -2.23. The Balaban J connectivity index is 2.01. The molecule has 1 N–H and O–H groups in total. The van der Waals surface area contributed by atoms with E-state index in [2.05, 4.69) is 24.9 Å². The molecule has 1 aliphatic rings. The highest BCUT2D eigenvalue weighted by atomic mass is 16.1. The van der Waals surface area contributed by atoms with E-state index in [0.717, 1.165) is 29.7 Å². The standard InChI is InChI=1S/C17H23NO/c1-12-9-10-16(13(2)11-12)18-17(19)14(3)15-7-5-4-6-8-15/h9-11,15H,3-8H2,1-2H3,(H,18,19). The number of benzene rings is 1. The number of carbonyl (C=O) groups is 1. The summed E-state index contributed by atoms with van der Waals surface area (Å²) in [5, 5.41) is 3.00. The average Bonchev–Trinajstić information content (AvgIpc) is 2.42. The molecule has 0 radical (unpaired) electrons. The Morgan fingerprint density at radius 1 is 1.21 bits per heavy atom. The maximum absolute atomic E-state index is 12.2. The van der Waals surface area contributed by atoms with Gasteiger partial charge in [-0.1, -0.05) is 43.5 Å². The second kappa shape index (κ2) is 6.05. The smallest absolute Gasteiger partial charge is 0.251 e. The fourth-order valence-corrected chi connectivity index (χ4v) is 2.79. The predicted molar refractivity (Wildman–Crippen MR) is 80.3 cm³/mol. The Morgan fingerprint density at radius 2 is 1.89 bits per heavy atom. The largest absolute Gasteiger partial charge is 0.322 e. The van der Waals surface area contributed by atoms with Crippen LogP contribution in [0.5, 0.6) is 0 Å². The summed E-state index contributed by atoms with van der Waals surface area (Å²) in [7, 11) is 0. The zero-order chi connectivity index (χ0) is 13.8. The first kappa shape index (κ1) is 13.9. The zero-order valence-corrected chi connectivity index (χ0v) is 12.0. The summed E-state index contributed by atoms with van der Waals surface area (Å²) < 4.78 is 0. The third-order valence-electron chi connectivity index (χ3n) is 4.02. The van der Waals surface area contributed by atoms with Crippen molar-refractivity contribution in [2.45, 2.75) is 46.0 Å². The van der Waals surface area contributed by atoms with Crippen LogP contribution in [0.4, 0.5) is 5.69 Å². The number of aryl methyl sites for hydroxylation is 2. The van der Waals surface area contributed by atoms with Crippen molar-refractivity contribution in [3.63, 3.8) is 0 Å². The lowest BCUT2D eigenvalue weighted by Crippen LogP contribution is -2.21. The lowest BCUT2D eigenvalue weighted by molar-refractivity contribution is -0.113. The molecule has 2 rings (SSSR count). The molecule has 102 valence electrons. The van der Waals surface area contributed by atoms with Gasteiger partial charge in [0.05, 0.1) is 0 Å². The van der Waals surface area contributed by atoms with E-state index in [-0.39, 0.29) is 5.91 Å². The highest BCUT2D eigenvalue weighted by Gasteiger charge is 2.21. The van der Waals surface area contributed by atoms with Crippen molar-refractivity contribution in [3.8, 4) is 0 Å². The Kier molecular flexibility index (Phi) is 4.41. The number of carbonyl (C=O) groups excluding carboxylic acids is 1. The molecule has 1 aliphatic carbocycles. The van der Waals surface area contributed by atoms with Gasteiger partial charge in [-0.25, -0.2) is 0 Å². The van der Waals surface area contributed by atoms with Crippen LogP contribution in [0.25, 0.3) is 0 Å². The van der Waals surface area contributed by atoms with Gasteiger partial charge < -0.3 is 5.32 Å². The van der Waals surface area contributed by atoms with Gasteiger partial charge in [-0.3, -0.25) is 4.79 Å². The second-order valence-electron chi connectivity index (χ2n) is 5.63. The van der Waals surface area contributed by atoms with E-state index in [1.807, 2.05) is 19.1 Å². The van der Waals surface area contributed by atoms with Gasteiger partial charge in [-0.05, 0) is 44.2 Å². The first-order valence-corrected chi connectivity index (χ1v) is 7.15. The topological polar surface area (TPSA) is 29.1 Å². The third kappa shape index (κ3) is 3.46. The van der Waals surface area contributed by atoms with Gasteiger partial charge in [0.2, 0.25) is 0 Å². The SMILES string of the molecule is C=C(C(=O)Nc1ccc(C)cc1C)C1CCCCC1. The Hall–Kier alpha value is -1.57. The molecule has 2 nitrogen and oxygen atoms in total. The minimum Gasteiger partial charge on any atom is -0.322 e. The number of nitrogens with one attached hydrogen (secondary N) is 1. The molecule has 0 atom stereocenters. The monoisotopic (exact) mass is 257 g/mol. The van der Waals surface area contributed by atoms with Crippen LogP contribution in [0.3, 0.4) is 0 Å². The summed E-state index contributed by atoms with van der Waals surface area (Å²) in [6, 6.07) is 6.07. The van der Waals surface area contributed by atoms with Gasteiger partial charge in [0, 0.05) is 11.3 Å². The van der Waals surface area contributed by atoms with Crippen LogP contribution >= 0.6 is 0 Å². The summed E-state index contributed by atoms with van der Waals surface area (Å²) in [6.45, 7) is 8.08. The van der Waals surface area contributed by atoms with Crippen LogP contribution in [0, 0.1) is 19.8 Å². The van der Waals surface area contributed by atoms with Crippen LogP contribution in [0.1, 0.15) is 43.2 Å². The van der Waals surface area contributed by atoms with Crippen molar-refractivity contribution in [3.05, 3.63) is 41.5 Å². The van der Waals surface area contributed by atoms with Gasteiger partial charge in [0.25, 0.3) is 5.91 Å². The Labute approximate surface area is 115 Å². The molecule has 0 saturated heterocycles. The maximum atomic E-state index is 12.2. The number of anilines is 1. The minimum atomic E-state index is -0.0150. The van der Waals surface area contributed by atoms with E-state index in [9.17, 15) is 4.79 Å². The van der Waals surface area contributed by atoms with Gasteiger partial charge in [-0.15, -0.1) is 0 Å². The molecule has 1 aromatic rings. The van der Waals surface area contributed by atoms with Crippen molar-refractivity contribution >= 4 is 11.6 Å². The first-order valence-electron chi connectivity index (χ1n) is 7.15. The molecule has 1 amide bonds. The predicted octanol–water partition coefficient (Wildman–Crippen LogP) is 4.38. The van der Waals surface area contributed by atoms with E-state index < -0.39 is 0 Å². The molecule has 0 aliphatic heterocycles. The van der Waals surface area contributed by atoms with Crippen molar-refractivity contribution in [1.82, 2.24) is 0 Å². The van der Waals surface area contributed by atoms with Crippen LogP contribution < -0.4 is 5.32 Å².